The molecule has 1 aliphatic rings. The van der Waals surface area contributed by atoms with Crippen LogP contribution in [-0.4, -0.2) is 60.0 Å². The van der Waals surface area contributed by atoms with Gasteiger partial charge in [-0.05, 0) is 7.05 Å². The fraction of sp³-hybridized carbons (Fsp3) is 0.263. The van der Waals surface area contributed by atoms with E-state index in [1.807, 2.05) is 11.9 Å². The van der Waals surface area contributed by atoms with Gasteiger partial charge in [0.25, 0.3) is 0 Å². The highest BCUT2D eigenvalue weighted by Crippen LogP contribution is 2.26. The molecule has 0 saturated heterocycles. The lowest BCUT2D eigenvalue weighted by Gasteiger charge is -2.16. The minimum Gasteiger partial charge on any atom is -0.395 e. The maximum absolute atomic E-state index is 12.1. The van der Waals surface area contributed by atoms with E-state index in [2.05, 4.69) is 0 Å². The SMILES string of the molecule is CN(CCO)CCO.O=C1c2ccccc2C(=O)c2ccccc21. The molecule has 0 bridgehead atoms. The molecule has 2 aromatic rings. The maximum Gasteiger partial charge on any atom is 0.194 e. The molecule has 0 saturated carbocycles. The molecule has 126 valence electrons. The molecule has 1 aliphatic carbocycles. The zero-order valence-electron chi connectivity index (χ0n) is 13.6. The van der Waals surface area contributed by atoms with Crippen molar-refractivity contribution in [3.8, 4) is 0 Å². The lowest BCUT2D eigenvalue weighted by molar-refractivity contribution is 0.0979. The number of fused-ring (bicyclic) bond motifs is 2. The van der Waals surface area contributed by atoms with Gasteiger partial charge in [-0.1, -0.05) is 48.5 Å². The van der Waals surface area contributed by atoms with Gasteiger partial charge in [-0.25, -0.2) is 0 Å². The Hall–Kier alpha value is -2.34. The monoisotopic (exact) mass is 327 g/mol. The summed E-state index contributed by atoms with van der Waals surface area (Å²) < 4.78 is 0. The molecule has 5 heteroatoms. The molecule has 2 N–H and O–H groups in total. The van der Waals surface area contributed by atoms with Crippen LogP contribution in [0.5, 0.6) is 0 Å². The number of aliphatic hydroxyl groups excluding tert-OH is 2. The van der Waals surface area contributed by atoms with Crippen LogP contribution in [0.1, 0.15) is 31.8 Å². The molecule has 0 aliphatic heterocycles. The topological polar surface area (TPSA) is 77.8 Å². The van der Waals surface area contributed by atoms with Crippen LogP contribution >= 0.6 is 0 Å². The van der Waals surface area contributed by atoms with Crippen molar-refractivity contribution >= 4 is 11.6 Å². The van der Waals surface area contributed by atoms with Crippen molar-refractivity contribution < 1.29 is 19.8 Å². The van der Waals surface area contributed by atoms with E-state index in [0.29, 0.717) is 35.3 Å². The van der Waals surface area contributed by atoms with Crippen molar-refractivity contribution in [3.05, 3.63) is 70.8 Å². The molecule has 2 aromatic carbocycles. The fourth-order valence-electron chi connectivity index (χ4n) is 2.50. The summed E-state index contributed by atoms with van der Waals surface area (Å²) in [5.74, 6) is -0.128. The highest BCUT2D eigenvalue weighted by Gasteiger charge is 2.28. The number of ketones is 2. The average molecular weight is 327 g/mol. The Morgan fingerprint density at radius 2 is 1.00 bits per heavy atom. The molecule has 0 aromatic heterocycles. The maximum atomic E-state index is 12.1. The molecule has 5 nitrogen and oxygen atoms in total. The Labute approximate surface area is 141 Å². The Morgan fingerprint density at radius 3 is 1.25 bits per heavy atom. The second kappa shape index (κ2) is 8.49. The number of nitrogens with zero attached hydrogens (tertiary/aromatic N) is 1. The van der Waals surface area contributed by atoms with Crippen LogP contribution in [0.2, 0.25) is 0 Å². The molecule has 0 spiro atoms. The first-order valence-corrected chi connectivity index (χ1v) is 7.78. The van der Waals surface area contributed by atoms with Crippen molar-refractivity contribution in [3.63, 3.8) is 0 Å². The largest absolute Gasteiger partial charge is 0.395 e. The first-order valence-electron chi connectivity index (χ1n) is 7.78. The van der Waals surface area contributed by atoms with E-state index in [4.69, 9.17) is 10.2 Å². The van der Waals surface area contributed by atoms with E-state index in [1.165, 1.54) is 0 Å². The van der Waals surface area contributed by atoms with E-state index in [0.717, 1.165) is 0 Å². The van der Waals surface area contributed by atoms with Gasteiger partial charge >= 0.3 is 0 Å². The van der Waals surface area contributed by atoms with Crippen LogP contribution in [-0.2, 0) is 0 Å². The average Bonchev–Trinajstić information content (AvgIpc) is 2.61. The molecule has 0 unspecified atom stereocenters. The fourth-order valence-corrected chi connectivity index (χ4v) is 2.50. The van der Waals surface area contributed by atoms with Crippen molar-refractivity contribution in [1.82, 2.24) is 4.90 Å². The van der Waals surface area contributed by atoms with Gasteiger partial charge < -0.3 is 15.1 Å². The molecule has 24 heavy (non-hydrogen) atoms. The number of rotatable bonds is 4. The quantitative estimate of drug-likeness (QED) is 0.757. The third-order valence-electron chi connectivity index (χ3n) is 3.80. The van der Waals surface area contributed by atoms with Gasteiger partial charge in [-0.15, -0.1) is 0 Å². The molecule has 0 heterocycles. The molecular formula is C19H21NO4. The van der Waals surface area contributed by atoms with Crippen LogP contribution in [0.25, 0.3) is 0 Å². The predicted molar refractivity (Wildman–Crippen MR) is 91.4 cm³/mol. The summed E-state index contributed by atoms with van der Waals surface area (Å²) in [5.41, 5.74) is 2.02. The Bertz CT molecular complexity index is 615. The van der Waals surface area contributed by atoms with E-state index >= 15 is 0 Å². The molecular weight excluding hydrogens is 306 g/mol. The lowest BCUT2D eigenvalue weighted by atomic mass is 9.84. The van der Waals surface area contributed by atoms with Crippen molar-refractivity contribution in [2.75, 3.05) is 33.4 Å². The van der Waals surface area contributed by atoms with Crippen molar-refractivity contribution in [2.24, 2.45) is 0 Å². The number of benzene rings is 2. The van der Waals surface area contributed by atoms with Gasteiger partial charge in [-0.3, -0.25) is 9.59 Å². The van der Waals surface area contributed by atoms with E-state index in [1.54, 1.807) is 48.5 Å². The zero-order chi connectivity index (χ0) is 17.5. The van der Waals surface area contributed by atoms with Crippen molar-refractivity contribution in [1.29, 1.82) is 0 Å². The van der Waals surface area contributed by atoms with Gasteiger partial charge in [0.1, 0.15) is 0 Å². The predicted octanol–water partition coefficient (Wildman–Crippen LogP) is 1.36. The summed E-state index contributed by atoms with van der Waals surface area (Å²) in [6.07, 6.45) is 0. The number of likely N-dealkylation sites (N-methyl/N-ethyl adjacent to an activating group) is 1. The second-order valence-corrected chi connectivity index (χ2v) is 5.50. The first kappa shape index (κ1) is 18.0. The number of aliphatic hydroxyl groups is 2. The summed E-state index contributed by atoms with van der Waals surface area (Å²) in [6, 6.07) is 13.9. The second-order valence-electron chi connectivity index (χ2n) is 5.50. The van der Waals surface area contributed by atoms with Crippen LogP contribution in [0, 0.1) is 0 Å². The van der Waals surface area contributed by atoms with Crippen LogP contribution in [0.4, 0.5) is 0 Å². The van der Waals surface area contributed by atoms with Gasteiger partial charge in [0.2, 0.25) is 0 Å². The zero-order valence-corrected chi connectivity index (χ0v) is 13.6. The van der Waals surface area contributed by atoms with Gasteiger partial charge in [0.05, 0.1) is 13.2 Å². The van der Waals surface area contributed by atoms with E-state index in [9.17, 15) is 9.59 Å². The normalized spacial score (nSPS) is 12.3. The Balaban J connectivity index is 0.000000224. The summed E-state index contributed by atoms with van der Waals surface area (Å²) in [5, 5.41) is 16.7. The molecule has 0 amide bonds. The minimum atomic E-state index is -0.0641. The number of carbonyl (C=O) groups is 2. The molecule has 3 rings (SSSR count). The summed E-state index contributed by atoms with van der Waals surface area (Å²) in [6.45, 7) is 1.61. The van der Waals surface area contributed by atoms with E-state index < -0.39 is 0 Å². The standard InChI is InChI=1S/C14H8O2.C5H13NO2/c15-13-9-5-1-2-6-10(9)14(16)12-8-4-3-7-11(12)13;1-6(2-4-7)3-5-8/h1-8H;7-8H,2-5H2,1H3. The number of carbonyl (C=O) groups excluding carboxylic acids is 2. The third-order valence-corrected chi connectivity index (χ3v) is 3.80. The Kier molecular flexibility index (Phi) is 6.37. The minimum absolute atomic E-state index is 0.0641. The van der Waals surface area contributed by atoms with Crippen LogP contribution in [0.3, 0.4) is 0 Å². The summed E-state index contributed by atoms with van der Waals surface area (Å²) >= 11 is 0. The first-order chi connectivity index (χ1) is 11.6. The summed E-state index contributed by atoms with van der Waals surface area (Å²) in [7, 11) is 1.85. The van der Waals surface area contributed by atoms with Gasteiger partial charge in [0, 0.05) is 35.3 Å². The number of hydrogen-bond acceptors (Lipinski definition) is 5. The van der Waals surface area contributed by atoms with Gasteiger partial charge in [0.15, 0.2) is 11.6 Å². The molecule has 0 fully saturated rings. The highest BCUT2D eigenvalue weighted by atomic mass is 16.3. The Morgan fingerprint density at radius 1 is 0.708 bits per heavy atom. The lowest BCUT2D eigenvalue weighted by Crippen LogP contribution is -2.25. The third kappa shape index (κ3) is 3.94. The van der Waals surface area contributed by atoms with E-state index in [-0.39, 0.29) is 24.8 Å². The van der Waals surface area contributed by atoms with Crippen LogP contribution < -0.4 is 0 Å². The van der Waals surface area contributed by atoms with Gasteiger partial charge in [-0.2, -0.15) is 0 Å². The molecule has 0 radical (unpaired) electrons. The smallest absolute Gasteiger partial charge is 0.194 e. The number of hydrogen-bond donors (Lipinski definition) is 2. The van der Waals surface area contributed by atoms with Crippen LogP contribution in [0.15, 0.2) is 48.5 Å². The van der Waals surface area contributed by atoms with Crippen molar-refractivity contribution in [2.45, 2.75) is 0 Å². The summed E-state index contributed by atoms with van der Waals surface area (Å²) in [4.78, 5) is 26.1. The molecule has 0 atom stereocenters. The highest BCUT2D eigenvalue weighted by molar-refractivity contribution is 6.28.